The minimum atomic E-state index is -0.0533. The molecule has 0 bridgehead atoms. The fourth-order valence-electron chi connectivity index (χ4n) is 1.66. The normalized spacial score (nSPS) is 10.0. The van der Waals surface area contributed by atoms with Crippen LogP contribution < -0.4 is 14.2 Å². The van der Waals surface area contributed by atoms with Crippen LogP contribution in [0.4, 0.5) is 0 Å². The molecule has 0 fully saturated rings. The molecule has 0 heterocycles. The zero-order valence-electron chi connectivity index (χ0n) is 11.4. The Morgan fingerprint density at radius 2 is 1.50 bits per heavy atom. The van der Waals surface area contributed by atoms with Crippen LogP contribution in [0.2, 0.25) is 0 Å². The van der Waals surface area contributed by atoms with E-state index < -0.39 is 0 Å². The van der Waals surface area contributed by atoms with Gasteiger partial charge in [-0.3, -0.25) is 4.79 Å². The van der Waals surface area contributed by atoms with Crippen LogP contribution in [0.1, 0.15) is 38.1 Å². The van der Waals surface area contributed by atoms with Gasteiger partial charge in [-0.25, -0.2) is 0 Å². The number of hydrogen-bond donors (Lipinski definition) is 0. The van der Waals surface area contributed by atoms with Crippen molar-refractivity contribution in [2.75, 3.05) is 19.8 Å². The maximum atomic E-state index is 11.6. The molecule has 0 saturated carbocycles. The van der Waals surface area contributed by atoms with Crippen LogP contribution in [0.15, 0.2) is 12.1 Å². The minimum Gasteiger partial charge on any atom is -0.490 e. The van der Waals surface area contributed by atoms with Crippen molar-refractivity contribution in [2.45, 2.75) is 27.7 Å². The predicted octanol–water partition coefficient (Wildman–Crippen LogP) is 3.09. The van der Waals surface area contributed by atoms with E-state index in [1.807, 2.05) is 20.8 Å². The number of ether oxygens (including phenoxy) is 3. The monoisotopic (exact) mass is 252 g/mol. The quantitative estimate of drug-likeness (QED) is 0.699. The minimum absolute atomic E-state index is 0.0533. The molecule has 0 atom stereocenters. The van der Waals surface area contributed by atoms with Gasteiger partial charge in [-0.2, -0.15) is 0 Å². The Hall–Kier alpha value is -1.71. The summed E-state index contributed by atoms with van der Waals surface area (Å²) < 4.78 is 16.6. The fourth-order valence-corrected chi connectivity index (χ4v) is 1.66. The Morgan fingerprint density at radius 3 is 2.00 bits per heavy atom. The molecule has 1 aromatic rings. The Morgan fingerprint density at radius 1 is 0.944 bits per heavy atom. The second-order valence-corrected chi connectivity index (χ2v) is 3.62. The highest BCUT2D eigenvalue weighted by Gasteiger charge is 2.19. The van der Waals surface area contributed by atoms with Gasteiger partial charge in [0.05, 0.1) is 25.4 Å². The molecule has 0 amide bonds. The van der Waals surface area contributed by atoms with E-state index in [1.165, 1.54) is 6.92 Å². The van der Waals surface area contributed by atoms with E-state index in [1.54, 1.807) is 12.1 Å². The summed E-state index contributed by atoms with van der Waals surface area (Å²) in [4.78, 5) is 11.6. The third kappa shape index (κ3) is 3.15. The SMILES string of the molecule is CCOc1ccc(C(C)=O)c(OCC)c1OCC. The van der Waals surface area contributed by atoms with E-state index in [4.69, 9.17) is 14.2 Å². The lowest BCUT2D eigenvalue weighted by Gasteiger charge is -2.17. The largest absolute Gasteiger partial charge is 0.490 e. The molecule has 0 N–H and O–H groups in total. The Balaban J connectivity index is 3.33. The van der Waals surface area contributed by atoms with Crippen molar-refractivity contribution in [2.24, 2.45) is 0 Å². The molecule has 0 unspecified atom stereocenters. The number of ketones is 1. The van der Waals surface area contributed by atoms with Crippen molar-refractivity contribution in [3.63, 3.8) is 0 Å². The van der Waals surface area contributed by atoms with Crippen molar-refractivity contribution in [3.8, 4) is 17.2 Å². The first-order valence-corrected chi connectivity index (χ1v) is 6.21. The maximum absolute atomic E-state index is 11.6. The van der Waals surface area contributed by atoms with Gasteiger partial charge >= 0.3 is 0 Å². The molecular formula is C14H20O4. The maximum Gasteiger partial charge on any atom is 0.204 e. The number of carbonyl (C=O) groups is 1. The van der Waals surface area contributed by atoms with Gasteiger partial charge in [0, 0.05) is 0 Å². The average Bonchev–Trinajstić information content (AvgIpc) is 2.33. The molecule has 0 saturated heterocycles. The van der Waals surface area contributed by atoms with Crippen LogP contribution in [-0.4, -0.2) is 25.6 Å². The second kappa shape index (κ2) is 6.89. The van der Waals surface area contributed by atoms with Crippen LogP contribution in [-0.2, 0) is 0 Å². The second-order valence-electron chi connectivity index (χ2n) is 3.62. The van der Waals surface area contributed by atoms with E-state index in [-0.39, 0.29) is 5.78 Å². The molecule has 0 aliphatic carbocycles. The van der Waals surface area contributed by atoms with Gasteiger partial charge in [-0.1, -0.05) is 0 Å². The highest BCUT2D eigenvalue weighted by Crippen LogP contribution is 2.40. The van der Waals surface area contributed by atoms with Gasteiger partial charge in [-0.15, -0.1) is 0 Å². The molecule has 0 spiro atoms. The number of benzene rings is 1. The van der Waals surface area contributed by atoms with Crippen LogP contribution in [0, 0.1) is 0 Å². The Labute approximate surface area is 108 Å². The lowest BCUT2D eigenvalue weighted by Crippen LogP contribution is -2.06. The smallest absolute Gasteiger partial charge is 0.204 e. The first-order chi connectivity index (χ1) is 8.65. The summed E-state index contributed by atoms with van der Waals surface area (Å²) >= 11 is 0. The number of carbonyl (C=O) groups excluding carboxylic acids is 1. The van der Waals surface area contributed by atoms with Crippen LogP contribution in [0.5, 0.6) is 17.2 Å². The van der Waals surface area contributed by atoms with Crippen molar-refractivity contribution < 1.29 is 19.0 Å². The number of hydrogen-bond acceptors (Lipinski definition) is 4. The topological polar surface area (TPSA) is 44.8 Å². The molecular weight excluding hydrogens is 232 g/mol. The van der Waals surface area contributed by atoms with E-state index >= 15 is 0 Å². The van der Waals surface area contributed by atoms with Gasteiger partial charge in [0.2, 0.25) is 5.75 Å². The molecule has 18 heavy (non-hydrogen) atoms. The fraction of sp³-hybridized carbons (Fsp3) is 0.500. The van der Waals surface area contributed by atoms with Gasteiger partial charge in [0.1, 0.15) is 0 Å². The Bertz CT molecular complexity index is 413. The zero-order chi connectivity index (χ0) is 13.5. The van der Waals surface area contributed by atoms with Crippen molar-refractivity contribution >= 4 is 5.78 Å². The van der Waals surface area contributed by atoms with Gasteiger partial charge < -0.3 is 14.2 Å². The molecule has 4 heteroatoms. The van der Waals surface area contributed by atoms with Crippen molar-refractivity contribution in [3.05, 3.63) is 17.7 Å². The molecule has 0 aromatic heterocycles. The molecule has 0 aliphatic rings. The average molecular weight is 252 g/mol. The van der Waals surface area contributed by atoms with Crippen molar-refractivity contribution in [1.29, 1.82) is 0 Å². The van der Waals surface area contributed by atoms with Gasteiger partial charge in [-0.05, 0) is 39.8 Å². The third-order valence-corrected chi connectivity index (χ3v) is 2.33. The summed E-state index contributed by atoms with van der Waals surface area (Å²) in [7, 11) is 0. The third-order valence-electron chi connectivity index (χ3n) is 2.33. The molecule has 100 valence electrons. The summed E-state index contributed by atoms with van der Waals surface area (Å²) in [6, 6.07) is 3.45. The Kier molecular flexibility index (Phi) is 5.49. The summed E-state index contributed by atoms with van der Waals surface area (Å²) in [5.41, 5.74) is 0.517. The standard InChI is InChI=1S/C14H20O4/c1-5-16-12-9-8-11(10(4)15)13(17-6-2)14(12)18-7-3/h8-9H,5-7H2,1-4H3. The molecule has 1 rings (SSSR count). The van der Waals surface area contributed by atoms with E-state index in [0.29, 0.717) is 42.6 Å². The molecule has 0 radical (unpaired) electrons. The van der Waals surface area contributed by atoms with Crippen LogP contribution >= 0.6 is 0 Å². The van der Waals surface area contributed by atoms with E-state index in [0.717, 1.165) is 0 Å². The summed E-state index contributed by atoms with van der Waals surface area (Å²) in [5, 5.41) is 0. The van der Waals surface area contributed by atoms with Crippen LogP contribution in [0.3, 0.4) is 0 Å². The summed E-state index contributed by atoms with van der Waals surface area (Å²) in [6.45, 7) is 8.64. The first kappa shape index (κ1) is 14.4. The number of rotatable bonds is 7. The lowest BCUT2D eigenvalue weighted by molar-refractivity contribution is 0.101. The molecule has 1 aromatic carbocycles. The van der Waals surface area contributed by atoms with E-state index in [2.05, 4.69) is 0 Å². The zero-order valence-corrected chi connectivity index (χ0v) is 11.4. The van der Waals surface area contributed by atoms with Gasteiger partial charge in [0.15, 0.2) is 17.3 Å². The molecule has 0 aliphatic heterocycles. The first-order valence-electron chi connectivity index (χ1n) is 6.21. The van der Waals surface area contributed by atoms with Crippen LogP contribution in [0.25, 0.3) is 0 Å². The molecule has 4 nitrogen and oxygen atoms in total. The number of Topliss-reactive ketones (excluding diaryl/α,β-unsaturated/α-hetero) is 1. The highest BCUT2D eigenvalue weighted by molar-refractivity contribution is 5.98. The summed E-state index contributed by atoms with van der Waals surface area (Å²) in [6.07, 6.45) is 0. The lowest BCUT2D eigenvalue weighted by atomic mass is 10.1. The highest BCUT2D eigenvalue weighted by atomic mass is 16.5. The predicted molar refractivity (Wildman–Crippen MR) is 70.0 cm³/mol. The van der Waals surface area contributed by atoms with Gasteiger partial charge in [0.25, 0.3) is 0 Å². The van der Waals surface area contributed by atoms with E-state index in [9.17, 15) is 4.79 Å². The van der Waals surface area contributed by atoms with Crippen molar-refractivity contribution in [1.82, 2.24) is 0 Å². The summed E-state index contributed by atoms with van der Waals surface area (Å²) in [5.74, 6) is 1.53.